The fourth-order valence-corrected chi connectivity index (χ4v) is 6.36. The third-order valence-electron chi connectivity index (χ3n) is 8.26. The number of pyridine rings is 1. The summed E-state index contributed by atoms with van der Waals surface area (Å²) < 4.78 is 12.4. The highest BCUT2D eigenvalue weighted by Crippen LogP contribution is 2.31. The molecular formula is C38H35N3O6S. The second-order valence-corrected chi connectivity index (χ2v) is 12.4. The Morgan fingerprint density at radius 2 is 1.48 bits per heavy atom. The smallest absolute Gasteiger partial charge is 0.337 e. The number of hydrogen-bond donors (Lipinski definition) is 3. The van der Waals surface area contributed by atoms with E-state index in [2.05, 4.69) is 15.6 Å². The van der Waals surface area contributed by atoms with E-state index in [9.17, 15) is 19.5 Å². The number of benzene rings is 4. The predicted molar refractivity (Wildman–Crippen MR) is 186 cm³/mol. The number of amides is 2. The minimum absolute atomic E-state index is 0.0435. The van der Waals surface area contributed by atoms with E-state index in [1.807, 2.05) is 60.9 Å². The number of carbonyl (C=O) groups excluding carboxylic acids is 2. The van der Waals surface area contributed by atoms with E-state index in [4.69, 9.17) is 9.47 Å². The average molecular weight is 662 g/mol. The lowest BCUT2D eigenvalue weighted by atomic mass is 9.92. The van der Waals surface area contributed by atoms with Crippen molar-refractivity contribution in [2.24, 2.45) is 0 Å². The summed E-state index contributed by atoms with van der Waals surface area (Å²) in [5.41, 5.74) is 1.70. The van der Waals surface area contributed by atoms with Crippen LogP contribution in [0.2, 0.25) is 0 Å². The molecule has 0 bridgehead atoms. The summed E-state index contributed by atoms with van der Waals surface area (Å²) in [6, 6.07) is 29.2. The molecule has 0 aliphatic heterocycles. The Bertz CT molecular complexity index is 1940. The molecule has 1 aromatic heterocycles. The number of aromatic nitrogens is 1. The molecule has 9 nitrogen and oxygen atoms in total. The van der Waals surface area contributed by atoms with Crippen molar-refractivity contribution in [1.29, 1.82) is 0 Å². The van der Waals surface area contributed by atoms with Crippen molar-refractivity contribution >= 4 is 46.0 Å². The van der Waals surface area contributed by atoms with E-state index in [-0.39, 0.29) is 41.6 Å². The van der Waals surface area contributed by atoms with E-state index in [0.29, 0.717) is 17.1 Å². The number of carbonyl (C=O) groups is 3. The zero-order valence-electron chi connectivity index (χ0n) is 26.3. The molecular weight excluding hydrogens is 627 g/mol. The normalized spacial score (nSPS) is 15.8. The van der Waals surface area contributed by atoms with Gasteiger partial charge in [-0.3, -0.25) is 9.59 Å². The summed E-state index contributed by atoms with van der Waals surface area (Å²) >= 11 is 1.47. The highest BCUT2D eigenvalue weighted by molar-refractivity contribution is 7.98. The Labute approximate surface area is 282 Å². The van der Waals surface area contributed by atoms with Crippen LogP contribution in [0.4, 0.5) is 5.69 Å². The van der Waals surface area contributed by atoms with Crippen molar-refractivity contribution < 1.29 is 29.0 Å². The lowest BCUT2D eigenvalue weighted by Gasteiger charge is -2.29. The molecule has 0 radical (unpaired) electrons. The number of anilines is 1. The molecule has 1 fully saturated rings. The van der Waals surface area contributed by atoms with Crippen molar-refractivity contribution in [2.45, 2.75) is 49.3 Å². The van der Waals surface area contributed by atoms with Crippen LogP contribution in [-0.4, -0.2) is 46.3 Å². The first-order valence-corrected chi connectivity index (χ1v) is 17.0. The first-order valence-electron chi connectivity index (χ1n) is 15.7. The maximum absolute atomic E-state index is 12.8. The minimum Gasteiger partial charge on any atom is -0.490 e. The highest BCUT2D eigenvalue weighted by atomic mass is 32.2. The number of nitrogens with one attached hydrogen (secondary N) is 2. The molecule has 2 amide bonds. The number of rotatable bonds is 11. The van der Waals surface area contributed by atoms with Gasteiger partial charge in [0.25, 0.3) is 5.91 Å². The quantitative estimate of drug-likeness (QED) is 0.123. The van der Waals surface area contributed by atoms with E-state index in [0.717, 1.165) is 52.8 Å². The van der Waals surface area contributed by atoms with Gasteiger partial charge in [-0.15, -0.1) is 11.8 Å². The maximum atomic E-state index is 12.8. The molecule has 1 heterocycles. The first-order chi connectivity index (χ1) is 23.3. The van der Waals surface area contributed by atoms with Crippen LogP contribution in [0.25, 0.3) is 10.8 Å². The molecule has 3 N–H and O–H groups in total. The van der Waals surface area contributed by atoms with Crippen LogP contribution in [-0.2, 0) is 11.2 Å². The summed E-state index contributed by atoms with van der Waals surface area (Å²) in [7, 11) is 0. The maximum Gasteiger partial charge on any atom is 0.337 e. The topological polar surface area (TPSA) is 127 Å². The molecule has 4 aromatic carbocycles. The van der Waals surface area contributed by atoms with Crippen molar-refractivity contribution in [3.05, 3.63) is 120 Å². The molecule has 1 aliphatic rings. The monoisotopic (exact) mass is 661 g/mol. The highest BCUT2D eigenvalue weighted by Gasteiger charge is 2.25. The van der Waals surface area contributed by atoms with Crippen molar-refractivity contribution in [2.75, 3.05) is 11.6 Å². The van der Waals surface area contributed by atoms with Crippen LogP contribution >= 0.6 is 11.8 Å². The Morgan fingerprint density at radius 3 is 2.21 bits per heavy atom. The van der Waals surface area contributed by atoms with E-state index >= 15 is 0 Å². The number of fused-ring (bicyclic) bond motifs is 1. The van der Waals surface area contributed by atoms with E-state index in [1.165, 1.54) is 17.8 Å². The number of para-hydroxylation sites is 1. The summed E-state index contributed by atoms with van der Waals surface area (Å²) in [4.78, 5) is 41.1. The Hall–Kier alpha value is -5.35. The zero-order valence-corrected chi connectivity index (χ0v) is 27.2. The average Bonchev–Trinajstić information content (AvgIpc) is 3.10. The van der Waals surface area contributed by atoms with Crippen molar-refractivity contribution in [3.8, 4) is 17.2 Å². The van der Waals surface area contributed by atoms with Gasteiger partial charge in [0.1, 0.15) is 22.3 Å². The van der Waals surface area contributed by atoms with Gasteiger partial charge >= 0.3 is 5.97 Å². The fourth-order valence-electron chi connectivity index (χ4n) is 5.82. The molecule has 0 saturated heterocycles. The lowest BCUT2D eigenvalue weighted by molar-refractivity contribution is -0.115. The van der Waals surface area contributed by atoms with E-state index in [1.54, 1.807) is 42.6 Å². The molecule has 0 atom stereocenters. The number of ether oxygens (including phenoxy) is 2. The van der Waals surface area contributed by atoms with Crippen LogP contribution in [0.5, 0.6) is 17.2 Å². The van der Waals surface area contributed by atoms with Gasteiger partial charge in [-0.25, -0.2) is 9.78 Å². The minimum atomic E-state index is -1.10. The van der Waals surface area contributed by atoms with Crippen LogP contribution in [0.3, 0.4) is 0 Å². The van der Waals surface area contributed by atoms with Crippen LogP contribution < -0.4 is 20.1 Å². The summed E-state index contributed by atoms with van der Waals surface area (Å²) in [5, 5.41) is 18.0. The van der Waals surface area contributed by atoms with E-state index < -0.39 is 5.97 Å². The second kappa shape index (κ2) is 15.0. The van der Waals surface area contributed by atoms with Crippen molar-refractivity contribution in [1.82, 2.24) is 10.3 Å². The van der Waals surface area contributed by atoms with Gasteiger partial charge in [-0.05, 0) is 109 Å². The van der Waals surface area contributed by atoms with Gasteiger partial charge in [0.05, 0.1) is 29.3 Å². The standard InChI is InChI=1S/C38H35N3O6S/c1-48-37-33(6-4-20-39-37)36(43)40-27-12-18-29(19-13-27)47-31-17-11-25-22-30(16-10-26(25)23-31)46-28-14-8-24(9-15-28)21-35(42)41-34-7-3-2-5-32(34)38(44)45/h2-11,14-17,20,22-23,27,29H,12-13,18-19,21H2,1H3,(H,40,43)(H,41,42)(H,44,45). The third kappa shape index (κ3) is 8.13. The van der Waals surface area contributed by atoms with Crippen molar-refractivity contribution in [3.63, 3.8) is 0 Å². The predicted octanol–water partition coefficient (Wildman–Crippen LogP) is 7.75. The number of thioether (sulfide) groups is 1. The number of aromatic carboxylic acids is 1. The second-order valence-electron chi connectivity index (χ2n) is 11.6. The van der Waals surface area contributed by atoms with Gasteiger partial charge < -0.3 is 25.2 Å². The molecule has 6 rings (SSSR count). The Morgan fingerprint density at radius 1 is 0.812 bits per heavy atom. The molecule has 1 aliphatic carbocycles. The van der Waals surface area contributed by atoms with Gasteiger partial charge in [-0.1, -0.05) is 36.4 Å². The fraction of sp³-hybridized carbons (Fsp3) is 0.211. The third-order valence-corrected chi connectivity index (χ3v) is 8.97. The molecule has 1 saturated carbocycles. The summed E-state index contributed by atoms with van der Waals surface area (Å²) in [5.74, 6) is 0.649. The molecule has 244 valence electrons. The lowest BCUT2D eigenvalue weighted by Crippen LogP contribution is -2.39. The SMILES string of the molecule is CSc1ncccc1C(=O)NC1CCC(Oc2ccc3cc(Oc4ccc(CC(=O)Nc5ccccc5C(=O)O)cc4)ccc3c2)CC1. The Kier molecular flexibility index (Phi) is 10.2. The summed E-state index contributed by atoms with van der Waals surface area (Å²) in [6.07, 6.45) is 7.24. The van der Waals surface area contributed by atoms with Gasteiger partial charge in [0, 0.05) is 12.2 Å². The van der Waals surface area contributed by atoms with Crippen LogP contribution in [0.15, 0.2) is 108 Å². The van der Waals surface area contributed by atoms with Gasteiger partial charge in [0.2, 0.25) is 5.91 Å². The molecule has 0 unspecified atom stereocenters. The Balaban J connectivity index is 0.992. The first kappa shape index (κ1) is 32.6. The molecule has 48 heavy (non-hydrogen) atoms. The van der Waals surface area contributed by atoms with Crippen LogP contribution in [0.1, 0.15) is 52.0 Å². The largest absolute Gasteiger partial charge is 0.490 e. The number of carboxylic acids is 1. The van der Waals surface area contributed by atoms with Gasteiger partial charge in [-0.2, -0.15) is 0 Å². The molecule has 5 aromatic rings. The molecule has 10 heteroatoms. The number of nitrogens with zero attached hydrogens (tertiary/aromatic N) is 1. The van der Waals surface area contributed by atoms with Gasteiger partial charge in [0.15, 0.2) is 0 Å². The number of carboxylic acid groups (broad SMARTS) is 1. The number of hydrogen-bond acceptors (Lipinski definition) is 7. The molecule has 0 spiro atoms. The zero-order chi connectivity index (χ0) is 33.5. The summed E-state index contributed by atoms with van der Waals surface area (Å²) in [6.45, 7) is 0. The van der Waals surface area contributed by atoms with Crippen LogP contribution in [0, 0.1) is 0 Å².